The Balaban J connectivity index is 2.02. The maximum atomic E-state index is 9.80. The van der Waals surface area contributed by atoms with Gasteiger partial charge in [0.15, 0.2) is 11.5 Å². The number of benzene rings is 2. The number of nitrogens with zero attached hydrogens (tertiary/aromatic N) is 1. The summed E-state index contributed by atoms with van der Waals surface area (Å²) in [6.45, 7) is 0. The normalized spacial score (nSPS) is 11.5. The molecule has 0 aliphatic heterocycles. The third kappa shape index (κ3) is 2.32. The number of rotatable bonds is 2. The number of hydrogen-bond donors (Lipinski definition) is 3. The van der Waals surface area contributed by atoms with E-state index < -0.39 is 5.75 Å². The van der Waals surface area contributed by atoms with Crippen LogP contribution < -0.4 is 4.57 Å². The number of aryl methyl sites for hydroxylation is 1. The summed E-state index contributed by atoms with van der Waals surface area (Å²) in [6.07, 6.45) is 3.58. The smallest absolute Gasteiger partial charge is 0.262 e. The molecule has 0 radical (unpaired) electrons. The average Bonchev–Trinajstić information content (AvgIpc) is 2.81. The van der Waals surface area contributed by atoms with E-state index in [0.29, 0.717) is 5.56 Å². The number of para-hydroxylation sites is 1. The zero-order valence-corrected chi connectivity index (χ0v) is 12.1. The van der Waals surface area contributed by atoms with Crippen molar-refractivity contribution in [3.63, 3.8) is 0 Å². The summed E-state index contributed by atoms with van der Waals surface area (Å²) in [5.74, 6) is -1.16. The van der Waals surface area contributed by atoms with E-state index in [9.17, 15) is 15.3 Å². The molecule has 0 unspecified atom stereocenters. The van der Waals surface area contributed by atoms with Crippen molar-refractivity contribution in [2.45, 2.75) is 0 Å². The number of fused-ring (bicyclic) bond motifs is 1. The first-order valence-corrected chi connectivity index (χ1v) is 7.19. The Morgan fingerprint density at radius 3 is 2.48 bits per heavy atom. The zero-order valence-electron chi connectivity index (χ0n) is 11.3. The summed E-state index contributed by atoms with van der Waals surface area (Å²) in [5.41, 5.74) is 1.59. The van der Waals surface area contributed by atoms with Crippen LogP contribution in [-0.4, -0.2) is 15.3 Å². The van der Waals surface area contributed by atoms with Crippen molar-refractivity contribution in [3.05, 3.63) is 47.0 Å². The molecule has 5 heteroatoms. The molecule has 2 aromatic carbocycles. The molecule has 4 nitrogen and oxygen atoms in total. The molecule has 0 bridgehead atoms. The van der Waals surface area contributed by atoms with Crippen LogP contribution in [0.3, 0.4) is 0 Å². The summed E-state index contributed by atoms with van der Waals surface area (Å²) < 4.78 is 3.24. The molecule has 21 heavy (non-hydrogen) atoms. The summed E-state index contributed by atoms with van der Waals surface area (Å²) in [4.78, 5) is 0. The Labute approximate surface area is 125 Å². The van der Waals surface area contributed by atoms with E-state index in [-0.39, 0.29) is 11.5 Å². The predicted molar refractivity (Wildman–Crippen MR) is 83.4 cm³/mol. The zero-order chi connectivity index (χ0) is 15.0. The van der Waals surface area contributed by atoms with Crippen LogP contribution in [0.1, 0.15) is 10.6 Å². The van der Waals surface area contributed by atoms with Gasteiger partial charge < -0.3 is 15.3 Å². The van der Waals surface area contributed by atoms with Gasteiger partial charge in [-0.2, -0.15) is 4.57 Å². The summed E-state index contributed by atoms with van der Waals surface area (Å²) in [7, 11) is 1.98. The van der Waals surface area contributed by atoms with Gasteiger partial charge in [0.2, 0.25) is 11.3 Å². The number of thiazole rings is 1. The molecule has 106 valence electrons. The topological polar surface area (TPSA) is 64.6 Å². The van der Waals surface area contributed by atoms with Gasteiger partial charge in [-0.25, -0.2) is 0 Å². The van der Waals surface area contributed by atoms with E-state index in [1.807, 2.05) is 31.3 Å². The van der Waals surface area contributed by atoms with E-state index in [1.165, 1.54) is 10.8 Å². The second-order valence-corrected chi connectivity index (χ2v) is 5.73. The molecule has 0 amide bonds. The Hall–Kier alpha value is -2.53. The fourth-order valence-corrected chi connectivity index (χ4v) is 3.20. The fraction of sp³-hybridized carbons (Fsp3) is 0.0625. The minimum absolute atomic E-state index is 0.324. The highest BCUT2D eigenvalue weighted by Gasteiger charge is 2.14. The third-order valence-electron chi connectivity index (χ3n) is 3.34. The van der Waals surface area contributed by atoms with Crippen molar-refractivity contribution in [1.82, 2.24) is 0 Å². The van der Waals surface area contributed by atoms with Crippen LogP contribution in [0.25, 0.3) is 22.4 Å². The van der Waals surface area contributed by atoms with E-state index in [0.717, 1.165) is 10.5 Å². The van der Waals surface area contributed by atoms with Gasteiger partial charge in [-0.1, -0.05) is 23.5 Å². The van der Waals surface area contributed by atoms with E-state index >= 15 is 0 Å². The van der Waals surface area contributed by atoms with E-state index in [2.05, 4.69) is 10.6 Å². The lowest BCUT2D eigenvalue weighted by Gasteiger charge is -2.02. The van der Waals surface area contributed by atoms with Gasteiger partial charge in [-0.3, -0.25) is 0 Å². The molecule has 3 N–H and O–H groups in total. The van der Waals surface area contributed by atoms with Crippen LogP contribution in [0.2, 0.25) is 0 Å². The standard InChI is InChI=1S/C16H13NO3S/c1-17-11-4-2-3-5-13(11)21-14(17)9-7-10-6-8-12(18)16(20)15(10)19/h2-9H,1H3,(H2,18,19,20)/p+1. The highest BCUT2D eigenvalue weighted by atomic mass is 32.1. The summed E-state index contributed by atoms with van der Waals surface area (Å²) in [6, 6.07) is 11.0. The molecule has 0 saturated carbocycles. The Kier molecular flexibility index (Phi) is 3.27. The minimum Gasteiger partial charge on any atom is -0.504 e. The molecular formula is C16H14NO3S+. The van der Waals surface area contributed by atoms with Crippen LogP contribution in [-0.2, 0) is 7.05 Å². The minimum atomic E-state index is -0.502. The Morgan fingerprint density at radius 1 is 0.952 bits per heavy atom. The van der Waals surface area contributed by atoms with Crippen molar-refractivity contribution in [1.29, 1.82) is 0 Å². The molecule has 0 saturated heterocycles. The van der Waals surface area contributed by atoms with Gasteiger partial charge in [0, 0.05) is 17.7 Å². The van der Waals surface area contributed by atoms with Crippen LogP contribution in [0.5, 0.6) is 17.2 Å². The van der Waals surface area contributed by atoms with Crippen molar-refractivity contribution in [2.24, 2.45) is 7.05 Å². The SMILES string of the molecule is C[n+]1c(/C=C/c2ccc(O)c(O)c2O)sc2ccccc21. The second-order valence-electron chi connectivity index (χ2n) is 4.67. The van der Waals surface area contributed by atoms with Crippen molar-refractivity contribution >= 4 is 33.7 Å². The van der Waals surface area contributed by atoms with Gasteiger partial charge in [0.1, 0.15) is 11.7 Å². The van der Waals surface area contributed by atoms with Crippen LogP contribution in [0, 0.1) is 0 Å². The lowest BCUT2D eigenvalue weighted by atomic mass is 10.1. The molecule has 1 heterocycles. The van der Waals surface area contributed by atoms with Gasteiger partial charge in [-0.05, 0) is 24.3 Å². The quantitative estimate of drug-likeness (QED) is 0.503. The molecule has 1 aromatic heterocycles. The fourth-order valence-electron chi connectivity index (χ4n) is 2.15. The third-order valence-corrected chi connectivity index (χ3v) is 4.52. The highest BCUT2D eigenvalue weighted by Crippen LogP contribution is 2.37. The van der Waals surface area contributed by atoms with E-state index in [4.69, 9.17) is 0 Å². The Bertz CT molecular complexity index is 852. The number of phenols is 3. The van der Waals surface area contributed by atoms with Gasteiger partial charge in [-0.15, -0.1) is 0 Å². The molecule has 0 aliphatic carbocycles. The molecule has 0 spiro atoms. The maximum absolute atomic E-state index is 9.80. The number of aromatic nitrogens is 1. The predicted octanol–water partition coefficient (Wildman–Crippen LogP) is 3.01. The molecule has 3 aromatic rings. The largest absolute Gasteiger partial charge is 0.504 e. The average molecular weight is 300 g/mol. The molecule has 3 rings (SSSR count). The molecular weight excluding hydrogens is 286 g/mol. The summed E-state index contributed by atoms with van der Waals surface area (Å²) in [5, 5.41) is 29.6. The van der Waals surface area contributed by atoms with Crippen LogP contribution in [0.15, 0.2) is 36.4 Å². The number of hydrogen-bond acceptors (Lipinski definition) is 4. The molecule has 0 aliphatic rings. The van der Waals surface area contributed by atoms with Crippen molar-refractivity contribution in [2.75, 3.05) is 0 Å². The maximum Gasteiger partial charge on any atom is 0.262 e. The van der Waals surface area contributed by atoms with Crippen molar-refractivity contribution in [3.8, 4) is 17.2 Å². The molecule has 0 atom stereocenters. The lowest BCUT2D eigenvalue weighted by molar-refractivity contribution is -0.642. The first-order valence-electron chi connectivity index (χ1n) is 6.37. The second kappa shape index (κ2) is 5.10. The van der Waals surface area contributed by atoms with Gasteiger partial charge in [0.05, 0.1) is 0 Å². The monoisotopic (exact) mass is 300 g/mol. The van der Waals surface area contributed by atoms with Crippen LogP contribution >= 0.6 is 11.3 Å². The number of phenolic OH excluding ortho intramolecular Hbond substituents is 3. The van der Waals surface area contributed by atoms with Gasteiger partial charge >= 0.3 is 0 Å². The molecule has 0 fully saturated rings. The van der Waals surface area contributed by atoms with E-state index in [1.54, 1.807) is 23.5 Å². The Morgan fingerprint density at radius 2 is 1.71 bits per heavy atom. The highest BCUT2D eigenvalue weighted by molar-refractivity contribution is 7.18. The first kappa shape index (κ1) is 13.5. The number of aromatic hydroxyl groups is 3. The lowest BCUT2D eigenvalue weighted by Crippen LogP contribution is -2.28. The van der Waals surface area contributed by atoms with Crippen molar-refractivity contribution < 1.29 is 19.9 Å². The van der Waals surface area contributed by atoms with Crippen LogP contribution in [0.4, 0.5) is 0 Å². The van der Waals surface area contributed by atoms with Gasteiger partial charge in [0.25, 0.3) is 5.01 Å². The summed E-state index contributed by atoms with van der Waals surface area (Å²) >= 11 is 1.64. The first-order chi connectivity index (χ1) is 10.1.